The Balaban J connectivity index is 1.63. The van der Waals surface area contributed by atoms with Crippen molar-refractivity contribution in [3.63, 3.8) is 0 Å². The zero-order chi connectivity index (χ0) is 22.1. The third kappa shape index (κ3) is 4.09. The lowest BCUT2D eigenvalue weighted by Crippen LogP contribution is -2.38. The number of hydrogen-bond donors (Lipinski definition) is 0. The molecule has 0 bridgehead atoms. The van der Waals surface area contributed by atoms with Gasteiger partial charge in [-0.05, 0) is 81.4 Å². The lowest BCUT2D eigenvalue weighted by Gasteiger charge is -2.38. The van der Waals surface area contributed by atoms with E-state index in [2.05, 4.69) is 90.7 Å². The van der Waals surface area contributed by atoms with Crippen molar-refractivity contribution in [3.05, 3.63) is 66.2 Å². The van der Waals surface area contributed by atoms with Crippen LogP contribution in [0.5, 0.6) is 0 Å². The van der Waals surface area contributed by atoms with E-state index in [-0.39, 0.29) is 0 Å². The van der Waals surface area contributed by atoms with Gasteiger partial charge in [0.1, 0.15) is 0 Å². The third-order valence-corrected chi connectivity index (χ3v) is 8.88. The van der Waals surface area contributed by atoms with Crippen molar-refractivity contribution in [2.75, 3.05) is 31.3 Å². The smallest absolute Gasteiger partial charge is 0.0643 e. The average Bonchev–Trinajstić information content (AvgIpc) is 2.82. The van der Waals surface area contributed by atoms with Gasteiger partial charge in [0.25, 0.3) is 0 Å². The number of rotatable bonds is 5. The van der Waals surface area contributed by atoms with Crippen molar-refractivity contribution in [1.82, 2.24) is 4.90 Å². The number of hydrogen-bond acceptors (Lipinski definition) is 4. The first-order chi connectivity index (χ1) is 15.7. The molecule has 2 heterocycles. The van der Waals surface area contributed by atoms with Crippen LogP contribution < -0.4 is 4.90 Å². The Hall–Kier alpha value is -1.88. The van der Waals surface area contributed by atoms with Gasteiger partial charge in [-0.15, -0.1) is 11.8 Å². The minimum atomic E-state index is 0.680. The van der Waals surface area contributed by atoms with E-state index in [0.717, 1.165) is 6.54 Å². The van der Waals surface area contributed by atoms with E-state index in [9.17, 15) is 0 Å². The maximum Gasteiger partial charge on any atom is 0.0643 e. The van der Waals surface area contributed by atoms with Gasteiger partial charge in [-0.3, -0.25) is 0 Å². The standard InChI is InChI=1S/C28H32N2S2/c1-20-10-4-5-12-22(20)27-25(31-3)15-16-26-28(27)30(23-13-6-7-14-24(23)32-26)19-17-21-11-8-9-18-29(21)2/h4-7,10,12-16,21H,8-9,11,17-19H2,1-3H3. The molecule has 0 aliphatic carbocycles. The minimum Gasteiger partial charge on any atom is -0.339 e. The molecular weight excluding hydrogens is 428 g/mol. The second-order valence-electron chi connectivity index (χ2n) is 8.94. The van der Waals surface area contributed by atoms with Gasteiger partial charge in [-0.1, -0.05) is 54.6 Å². The topological polar surface area (TPSA) is 6.48 Å². The van der Waals surface area contributed by atoms with Gasteiger partial charge in [0.2, 0.25) is 0 Å². The average molecular weight is 461 g/mol. The molecule has 0 aromatic heterocycles. The van der Waals surface area contributed by atoms with Crippen LogP contribution in [0.2, 0.25) is 0 Å². The van der Waals surface area contributed by atoms with Crippen molar-refractivity contribution in [3.8, 4) is 11.1 Å². The molecule has 1 atom stereocenters. The molecule has 1 unspecified atom stereocenters. The van der Waals surface area contributed by atoms with E-state index in [4.69, 9.17) is 0 Å². The molecule has 32 heavy (non-hydrogen) atoms. The highest BCUT2D eigenvalue weighted by atomic mass is 32.2. The van der Waals surface area contributed by atoms with Crippen LogP contribution in [0.25, 0.3) is 11.1 Å². The van der Waals surface area contributed by atoms with Crippen LogP contribution in [0.3, 0.4) is 0 Å². The van der Waals surface area contributed by atoms with E-state index < -0.39 is 0 Å². The Kier molecular flexibility index (Phi) is 6.54. The largest absolute Gasteiger partial charge is 0.339 e. The number of fused-ring (bicyclic) bond motifs is 2. The molecule has 2 aliphatic rings. The molecule has 2 nitrogen and oxygen atoms in total. The summed E-state index contributed by atoms with van der Waals surface area (Å²) in [7, 11) is 2.31. The minimum absolute atomic E-state index is 0.680. The molecule has 0 spiro atoms. The van der Waals surface area contributed by atoms with Crippen LogP contribution >= 0.6 is 23.5 Å². The number of anilines is 2. The van der Waals surface area contributed by atoms with Gasteiger partial charge in [-0.2, -0.15) is 0 Å². The van der Waals surface area contributed by atoms with Crippen molar-refractivity contribution in [1.29, 1.82) is 0 Å². The lowest BCUT2D eigenvalue weighted by atomic mass is 9.96. The summed E-state index contributed by atoms with van der Waals surface area (Å²) in [6.07, 6.45) is 7.43. The molecule has 1 saturated heterocycles. The Morgan fingerprint density at radius 2 is 1.78 bits per heavy atom. The molecule has 5 rings (SSSR count). The number of piperidine rings is 1. The van der Waals surface area contributed by atoms with Crippen LogP contribution in [0, 0.1) is 6.92 Å². The van der Waals surface area contributed by atoms with E-state index >= 15 is 0 Å². The second-order valence-corrected chi connectivity index (χ2v) is 10.9. The number of thioether (sulfide) groups is 1. The van der Waals surface area contributed by atoms with Crippen molar-refractivity contribution < 1.29 is 0 Å². The van der Waals surface area contributed by atoms with Crippen LogP contribution in [-0.4, -0.2) is 37.3 Å². The molecule has 0 N–H and O–H groups in total. The molecule has 166 valence electrons. The number of aryl methyl sites for hydroxylation is 1. The fourth-order valence-corrected chi connectivity index (χ4v) is 6.94. The van der Waals surface area contributed by atoms with E-state index in [1.54, 1.807) is 0 Å². The Morgan fingerprint density at radius 1 is 0.969 bits per heavy atom. The summed E-state index contributed by atoms with van der Waals surface area (Å²) in [6, 6.07) is 23.1. The van der Waals surface area contributed by atoms with Crippen LogP contribution in [0.15, 0.2) is 75.4 Å². The van der Waals surface area contributed by atoms with Crippen molar-refractivity contribution in [2.45, 2.75) is 53.3 Å². The molecule has 0 saturated carbocycles. The maximum absolute atomic E-state index is 2.63. The zero-order valence-corrected chi connectivity index (χ0v) is 20.9. The van der Waals surface area contributed by atoms with Gasteiger partial charge in [0.15, 0.2) is 0 Å². The first-order valence-corrected chi connectivity index (χ1v) is 13.7. The van der Waals surface area contributed by atoms with Gasteiger partial charge in [-0.25, -0.2) is 0 Å². The van der Waals surface area contributed by atoms with Gasteiger partial charge >= 0.3 is 0 Å². The monoisotopic (exact) mass is 460 g/mol. The van der Waals surface area contributed by atoms with Crippen molar-refractivity contribution >= 4 is 34.9 Å². The Labute approximate surface area is 201 Å². The fraction of sp³-hybridized carbons (Fsp3) is 0.357. The molecule has 0 amide bonds. The number of nitrogens with zero attached hydrogens (tertiary/aromatic N) is 2. The summed E-state index contributed by atoms with van der Waals surface area (Å²) in [4.78, 5) is 9.31. The van der Waals surface area contributed by atoms with E-state index in [0.29, 0.717) is 6.04 Å². The summed E-state index contributed by atoms with van der Waals surface area (Å²) < 4.78 is 0. The van der Waals surface area contributed by atoms with Crippen molar-refractivity contribution in [2.24, 2.45) is 0 Å². The molecule has 2 aliphatic heterocycles. The summed E-state index contributed by atoms with van der Waals surface area (Å²) in [5, 5.41) is 0. The molecule has 3 aromatic carbocycles. The first kappa shape index (κ1) is 21.9. The molecule has 3 aromatic rings. The summed E-state index contributed by atoms with van der Waals surface area (Å²) >= 11 is 3.78. The molecular formula is C28H32N2S2. The highest BCUT2D eigenvalue weighted by molar-refractivity contribution is 8.00. The maximum atomic E-state index is 2.63. The highest BCUT2D eigenvalue weighted by Crippen LogP contribution is 2.54. The third-order valence-electron chi connectivity index (χ3n) is 6.99. The van der Waals surface area contributed by atoms with Crippen LogP contribution in [-0.2, 0) is 0 Å². The predicted molar refractivity (Wildman–Crippen MR) is 141 cm³/mol. The Bertz CT molecular complexity index is 1110. The SMILES string of the molecule is CSc1ccc2c(c1-c1ccccc1C)N(CCC1CCCCN1C)c1ccccc1S2. The lowest BCUT2D eigenvalue weighted by molar-refractivity contribution is 0.178. The van der Waals surface area contributed by atoms with E-state index in [1.165, 1.54) is 75.0 Å². The van der Waals surface area contributed by atoms with E-state index in [1.807, 2.05) is 23.5 Å². The predicted octanol–water partition coefficient (Wildman–Crippen LogP) is 7.86. The summed E-state index contributed by atoms with van der Waals surface area (Å²) in [5.41, 5.74) is 6.84. The summed E-state index contributed by atoms with van der Waals surface area (Å²) in [5.74, 6) is 0. The van der Waals surface area contributed by atoms with Crippen LogP contribution in [0.1, 0.15) is 31.2 Å². The van der Waals surface area contributed by atoms with Gasteiger partial charge in [0, 0.05) is 32.8 Å². The number of benzene rings is 3. The number of likely N-dealkylation sites (tertiary alicyclic amines) is 1. The first-order valence-electron chi connectivity index (χ1n) is 11.7. The number of para-hydroxylation sites is 1. The van der Waals surface area contributed by atoms with Gasteiger partial charge in [0.05, 0.1) is 11.4 Å². The van der Waals surface area contributed by atoms with Crippen LogP contribution in [0.4, 0.5) is 11.4 Å². The quantitative estimate of drug-likeness (QED) is 0.357. The molecule has 0 radical (unpaired) electrons. The normalized spacial score (nSPS) is 18.3. The summed E-state index contributed by atoms with van der Waals surface area (Å²) in [6.45, 7) is 4.53. The van der Waals surface area contributed by atoms with Gasteiger partial charge < -0.3 is 9.80 Å². The fourth-order valence-electron chi connectivity index (χ4n) is 5.21. The second kappa shape index (κ2) is 9.54. The molecule has 1 fully saturated rings. The highest BCUT2D eigenvalue weighted by Gasteiger charge is 2.29. The Morgan fingerprint density at radius 3 is 2.59 bits per heavy atom. The molecule has 4 heteroatoms. The zero-order valence-electron chi connectivity index (χ0n) is 19.3.